The van der Waals surface area contributed by atoms with E-state index in [1.54, 1.807) is 36.3 Å². The normalized spacial score (nSPS) is 18.6. The van der Waals surface area contributed by atoms with E-state index >= 15 is 0 Å². The highest BCUT2D eigenvalue weighted by atomic mass is 35.5. The minimum Gasteiger partial charge on any atom is -0.497 e. The third-order valence-electron chi connectivity index (χ3n) is 5.56. The number of benzene rings is 2. The molecule has 0 aromatic heterocycles. The van der Waals surface area contributed by atoms with E-state index in [1.807, 2.05) is 30.3 Å². The number of amides is 1. The number of carbonyl (C=O) groups excluding carboxylic acids is 2. The number of esters is 1. The molecule has 0 N–H and O–H groups in total. The summed E-state index contributed by atoms with van der Waals surface area (Å²) in [7, 11) is 2.97. The average Bonchev–Trinajstić information content (AvgIpc) is 3.17. The Morgan fingerprint density at radius 2 is 1.74 bits per heavy atom. The summed E-state index contributed by atoms with van der Waals surface area (Å²) in [6, 6.07) is 14.4. The predicted octanol–water partition coefficient (Wildman–Crippen LogP) is 3.84. The molecule has 2 heterocycles. The Morgan fingerprint density at radius 1 is 1.06 bits per heavy atom. The highest BCUT2D eigenvalue weighted by Gasteiger charge is 2.33. The lowest BCUT2D eigenvalue weighted by Gasteiger charge is -2.28. The molecule has 2 aliphatic heterocycles. The molecule has 0 radical (unpaired) electrons. The monoisotopic (exact) mass is 517 g/mol. The quantitative estimate of drug-likeness (QED) is 0.407. The third kappa shape index (κ3) is 6.85. The topological polar surface area (TPSA) is 80.7 Å². The minimum absolute atomic E-state index is 0. The molecule has 0 spiro atoms. The predicted molar refractivity (Wildman–Crippen MR) is 140 cm³/mol. The fourth-order valence-corrected chi connectivity index (χ4v) is 4.63. The van der Waals surface area contributed by atoms with Crippen LogP contribution in [-0.4, -0.2) is 80.5 Å². The summed E-state index contributed by atoms with van der Waals surface area (Å²) in [6.45, 7) is 4.42. The van der Waals surface area contributed by atoms with E-state index in [9.17, 15) is 9.59 Å². The van der Waals surface area contributed by atoms with Crippen LogP contribution in [0.1, 0.15) is 15.9 Å². The van der Waals surface area contributed by atoms with Crippen LogP contribution in [0.4, 0.5) is 5.69 Å². The van der Waals surface area contributed by atoms with Crippen molar-refractivity contribution in [3.63, 3.8) is 0 Å². The smallest absolute Gasteiger partial charge is 0.337 e. The first-order chi connectivity index (χ1) is 16.6. The number of morpholine rings is 1. The number of halogens is 1. The van der Waals surface area contributed by atoms with Crippen molar-refractivity contribution in [3.8, 4) is 5.75 Å². The van der Waals surface area contributed by atoms with Crippen LogP contribution in [0, 0.1) is 0 Å². The number of methoxy groups -OCH3 is 2. The second-order valence-electron chi connectivity index (χ2n) is 7.73. The van der Waals surface area contributed by atoms with Gasteiger partial charge in [0.05, 0.1) is 43.6 Å². The Labute approximate surface area is 215 Å². The van der Waals surface area contributed by atoms with E-state index in [0.717, 1.165) is 36.6 Å². The summed E-state index contributed by atoms with van der Waals surface area (Å²) < 4.78 is 15.4. The van der Waals surface area contributed by atoms with Crippen LogP contribution in [0.25, 0.3) is 6.08 Å². The van der Waals surface area contributed by atoms with Gasteiger partial charge in [-0.2, -0.15) is 0 Å². The Balaban J connectivity index is 0.00000342. The maximum atomic E-state index is 13.3. The Hall–Kier alpha value is -2.85. The number of hydrogen-bond donors (Lipinski definition) is 0. The molecule has 35 heavy (non-hydrogen) atoms. The van der Waals surface area contributed by atoms with Crippen molar-refractivity contribution in [1.29, 1.82) is 0 Å². The van der Waals surface area contributed by atoms with Gasteiger partial charge in [0, 0.05) is 26.2 Å². The first-order valence-corrected chi connectivity index (χ1v) is 11.8. The number of ether oxygens (including phenoxy) is 3. The molecule has 4 rings (SSSR count). The van der Waals surface area contributed by atoms with Gasteiger partial charge in [-0.15, -0.1) is 12.4 Å². The van der Waals surface area contributed by atoms with Gasteiger partial charge in [-0.05, 0) is 59.8 Å². The highest BCUT2D eigenvalue weighted by Crippen LogP contribution is 2.34. The lowest BCUT2D eigenvalue weighted by Crippen LogP contribution is -2.42. The van der Waals surface area contributed by atoms with Gasteiger partial charge in [0.2, 0.25) is 0 Å². The van der Waals surface area contributed by atoms with E-state index in [4.69, 9.17) is 19.2 Å². The minimum atomic E-state index is -0.395. The van der Waals surface area contributed by atoms with Gasteiger partial charge in [0.25, 0.3) is 5.91 Å². The van der Waals surface area contributed by atoms with Crippen molar-refractivity contribution in [2.45, 2.75) is 0 Å². The van der Waals surface area contributed by atoms with E-state index in [2.05, 4.69) is 4.90 Å². The Morgan fingerprint density at radius 3 is 2.37 bits per heavy atom. The van der Waals surface area contributed by atoms with E-state index in [1.165, 1.54) is 18.9 Å². The van der Waals surface area contributed by atoms with Gasteiger partial charge < -0.3 is 14.2 Å². The molecular weight excluding hydrogens is 490 g/mol. The molecule has 2 aliphatic rings. The van der Waals surface area contributed by atoms with E-state index in [0.29, 0.717) is 35.4 Å². The van der Waals surface area contributed by atoms with Gasteiger partial charge in [-0.25, -0.2) is 9.79 Å². The molecule has 8 nitrogen and oxygen atoms in total. The standard InChI is InChI=1S/C25H27N3O5S.ClH/c1-31-21-9-7-20(8-10-21)26-25-28(12-11-27-13-15-33-16-14-27)23(29)22(34-25)17-18-3-5-19(6-4-18)24(30)32-2;/h3-10,17H,11-16H2,1-2H3;1H/b22-17+,26-25?;. The van der Waals surface area contributed by atoms with Crippen molar-refractivity contribution in [2.75, 3.05) is 53.6 Å². The maximum absolute atomic E-state index is 13.3. The number of amidine groups is 1. The molecule has 2 saturated heterocycles. The number of thioether (sulfide) groups is 1. The largest absolute Gasteiger partial charge is 0.497 e. The summed E-state index contributed by atoms with van der Waals surface area (Å²) in [5.41, 5.74) is 2.03. The molecule has 2 aromatic rings. The van der Waals surface area contributed by atoms with E-state index < -0.39 is 5.97 Å². The fourth-order valence-electron chi connectivity index (χ4n) is 3.61. The van der Waals surface area contributed by atoms with Gasteiger partial charge in [-0.1, -0.05) is 12.1 Å². The fraction of sp³-hybridized carbons (Fsp3) is 0.320. The van der Waals surface area contributed by atoms with Crippen molar-refractivity contribution < 1.29 is 23.8 Å². The second kappa shape index (κ2) is 12.7. The number of carbonyl (C=O) groups is 2. The number of hydrogen-bond acceptors (Lipinski definition) is 8. The number of aliphatic imine (C=N–C) groups is 1. The second-order valence-corrected chi connectivity index (χ2v) is 8.74. The maximum Gasteiger partial charge on any atom is 0.337 e. The van der Waals surface area contributed by atoms with Crippen LogP contribution >= 0.6 is 24.2 Å². The molecule has 0 saturated carbocycles. The van der Waals surface area contributed by atoms with E-state index in [-0.39, 0.29) is 18.3 Å². The summed E-state index contributed by atoms with van der Waals surface area (Å²) in [5, 5.41) is 0.640. The van der Waals surface area contributed by atoms with Crippen LogP contribution in [0.5, 0.6) is 5.75 Å². The highest BCUT2D eigenvalue weighted by molar-refractivity contribution is 8.18. The molecular formula is C25H28ClN3O5S. The van der Waals surface area contributed by atoms with Crippen LogP contribution in [0.2, 0.25) is 0 Å². The van der Waals surface area contributed by atoms with Crippen molar-refractivity contribution in [3.05, 3.63) is 64.6 Å². The lowest BCUT2D eigenvalue weighted by atomic mass is 10.1. The zero-order valence-corrected chi connectivity index (χ0v) is 21.3. The first kappa shape index (κ1) is 26.7. The molecule has 2 fully saturated rings. The zero-order valence-electron chi connectivity index (χ0n) is 19.6. The molecule has 186 valence electrons. The van der Waals surface area contributed by atoms with Gasteiger partial charge in [0.15, 0.2) is 5.17 Å². The third-order valence-corrected chi connectivity index (χ3v) is 6.56. The molecule has 0 unspecified atom stereocenters. The summed E-state index contributed by atoms with van der Waals surface area (Å²) in [4.78, 5) is 34.4. The number of nitrogens with zero attached hydrogens (tertiary/aromatic N) is 3. The van der Waals surface area contributed by atoms with Crippen LogP contribution in [0.15, 0.2) is 58.4 Å². The van der Waals surface area contributed by atoms with Crippen molar-refractivity contribution in [1.82, 2.24) is 9.80 Å². The van der Waals surface area contributed by atoms with Crippen LogP contribution in [-0.2, 0) is 14.3 Å². The molecule has 0 atom stereocenters. The molecule has 2 aromatic carbocycles. The van der Waals surface area contributed by atoms with Crippen LogP contribution in [0.3, 0.4) is 0 Å². The Kier molecular flexibility index (Phi) is 9.73. The zero-order chi connectivity index (χ0) is 23.9. The summed E-state index contributed by atoms with van der Waals surface area (Å²) >= 11 is 1.35. The molecule has 1 amide bonds. The summed E-state index contributed by atoms with van der Waals surface area (Å²) in [6.07, 6.45) is 1.83. The Bertz CT molecular complexity index is 1080. The van der Waals surface area contributed by atoms with Crippen molar-refractivity contribution in [2.24, 2.45) is 4.99 Å². The van der Waals surface area contributed by atoms with Gasteiger partial charge in [-0.3, -0.25) is 14.6 Å². The molecule has 10 heteroatoms. The average molecular weight is 518 g/mol. The SMILES string of the molecule is COC(=O)c1ccc(/C=C2/SC(=Nc3ccc(OC)cc3)N(CCN3CCOCC3)C2=O)cc1.Cl. The lowest BCUT2D eigenvalue weighted by molar-refractivity contribution is -0.122. The molecule has 0 bridgehead atoms. The first-order valence-electron chi connectivity index (χ1n) is 11.0. The molecule has 0 aliphatic carbocycles. The van der Waals surface area contributed by atoms with Gasteiger partial charge in [0.1, 0.15) is 5.75 Å². The summed E-state index contributed by atoms with van der Waals surface area (Å²) in [5.74, 6) is 0.274. The number of rotatable bonds is 7. The van der Waals surface area contributed by atoms with Gasteiger partial charge >= 0.3 is 5.97 Å². The van der Waals surface area contributed by atoms with Crippen LogP contribution < -0.4 is 4.74 Å². The van der Waals surface area contributed by atoms with Crippen molar-refractivity contribution >= 4 is 53.0 Å².